The highest BCUT2D eigenvalue weighted by Gasteiger charge is 2.08. The largest absolute Gasteiger partial charge is 0.366 e. The lowest BCUT2D eigenvalue weighted by Gasteiger charge is -2.05. The van der Waals surface area contributed by atoms with Crippen LogP contribution >= 0.6 is 0 Å². The molecule has 0 saturated heterocycles. The predicted molar refractivity (Wildman–Crippen MR) is 99.4 cm³/mol. The van der Waals surface area contributed by atoms with Crippen LogP contribution in [0.1, 0.15) is 11.1 Å². The summed E-state index contributed by atoms with van der Waals surface area (Å²) in [7, 11) is 0. The lowest BCUT2D eigenvalue weighted by atomic mass is 10.0. The lowest BCUT2D eigenvalue weighted by molar-refractivity contribution is -0.117. The fourth-order valence-electron chi connectivity index (χ4n) is 2.87. The van der Waals surface area contributed by atoms with Crippen LogP contribution in [0.15, 0.2) is 60.7 Å². The molecule has 2 aromatic carbocycles. The van der Waals surface area contributed by atoms with Gasteiger partial charge in [0, 0.05) is 18.4 Å². The monoisotopic (exact) mass is 361 g/mol. The molecule has 0 aliphatic heterocycles. The maximum absolute atomic E-state index is 12.9. The molecule has 4 rings (SSSR count). The highest BCUT2D eigenvalue weighted by atomic mass is 19.1. The summed E-state index contributed by atoms with van der Waals surface area (Å²) < 4.78 is 14.3. The number of rotatable bonds is 5. The second kappa shape index (κ2) is 6.95. The molecule has 0 aliphatic rings. The van der Waals surface area contributed by atoms with Crippen LogP contribution < -0.4 is 5.73 Å². The smallest absolute Gasteiger partial charge is 0.242 e. The number of aromatic nitrogens is 4. The quantitative estimate of drug-likeness (QED) is 0.591. The Balaban J connectivity index is 1.46. The molecule has 0 saturated carbocycles. The molecule has 27 heavy (non-hydrogen) atoms. The summed E-state index contributed by atoms with van der Waals surface area (Å²) in [6.07, 6.45) is 0.609. The molecule has 134 valence electrons. The van der Waals surface area contributed by atoms with Crippen molar-refractivity contribution in [3.05, 3.63) is 77.6 Å². The fraction of sp³-hybridized carbons (Fsp3) is 0.100. The molecule has 6 nitrogen and oxygen atoms in total. The minimum absolute atomic E-state index is 0.0759. The summed E-state index contributed by atoms with van der Waals surface area (Å²) in [6, 6.07) is 17.3. The van der Waals surface area contributed by atoms with Crippen LogP contribution in [0.2, 0.25) is 0 Å². The van der Waals surface area contributed by atoms with E-state index in [1.54, 1.807) is 18.2 Å². The van der Waals surface area contributed by atoms with Crippen LogP contribution in [0, 0.1) is 5.82 Å². The third-order valence-electron chi connectivity index (χ3n) is 4.19. The summed E-state index contributed by atoms with van der Waals surface area (Å²) in [5.74, 6) is -0.0520. The molecule has 2 aromatic heterocycles. The summed E-state index contributed by atoms with van der Waals surface area (Å²) in [5.41, 5.74) is 9.52. The first-order valence-electron chi connectivity index (χ1n) is 8.42. The number of carbonyl (C=O) groups excluding carboxylic acids is 1. The Morgan fingerprint density at radius 1 is 0.889 bits per heavy atom. The van der Waals surface area contributed by atoms with Gasteiger partial charge in [-0.2, -0.15) is 4.98 Å². The van der Waals surface area contributed by atoms with Gasteiger partial charge in [0.1, 0.15) is 11.6 Å². The van der Waals surface area contributed by atoms with Crippen molar-refractivity contribution in [2.75, 3.05) is 5.73 Å². The zero-order valence-corrected chi connectivity index (χ0v) is 14.3. The summed E-state index contributed by atoms with van der Waals surface area (Å²) in [4.78, 5) is 16.3. The van der Waals surface area contributed by atoms with Crippen molar-refractivity contribution >= 4 is 17.4 Å². The van der Waals surface area contributed by atoms with Gasteiger partial charge in [-0.1, -0.05) is 36.4 Å². The molecule has 4 aromatic rings. The van der Waals surface area contributed by atoms with Crippen LogP contribution in [0.4, 0.5) is 10.3 Å². The highest BCUT2D eigenvalue weighted by molar-refractivity contribution is 5.83. The average molecular weight is 361 g/mol. The van der Waals surface area contributed by atoms with Gasteiger partial charge < -0.3 is 5.73 Å². The number of nitrogens with two attached hydrogens (primary N) is 1. The number of hydrogen-bond donors (Lipinski definition) is 1. The predicted octanol–water partition coefficient (Wildman–Crippen LogP) is 2.87. The molecule has 0 atom stereocenters. The molecule has 2 heterocycles. The number of Topliss-reactive ketones (excluding diaryl/α,β-unsaturated/α-hetero) is 1. The first-order chi connectivity index (χ1) is 13.1. The summed E-state index contributed by atoms with van der Waals surface area (Å²) >= 11 is 0. The van der Waals surface area contributed by atoms with Crippen molar-refractivity contribution in [3.8, 4) is 11.3 Å². The lowest BCUT2D eigenvalue weighted by Crippen LogP contribution is -2.06. The number of anilines is 1. The van der Waals surface area contributed by atoms with Gasteiger partial charge in [0.2, 0.25) is 5.95 Å². The van der Waals surface area contributed by atoms with Crippen LogP contribution in [-0.4, -0.2) is 25.6 Å². The highest BCUT2D eigenvalue weighted by Crippen LogP contribution is 2.18. The normalized spacial score (nSPS) is 11.0. The Morgan fingerprint density at radius 2 is 1.52 bits per heavy atom. The number of carbonyl (C=O) groups is 1. The van der Waals surface area contributed by atoms with Crippen molar-refractivity contribution in [1.29, 1.82) is 0 Å². The molecule has 0 amide bonds. The average Bonchev–Trinajstić information content (AvgIpc) is 3.03. The Hall–Kier alpha value is -3.61. The summed E-state index contributed by atoms with van der Waals surface area (Å²) in [6.45, 7) is 0. The van der Waals surface area contributed by atoms with Gasteiger partial charge in [0.05, 0.1) is 5.69 Å². The third-order valence-corrected chi connectivity index (χ3v) is 4.19. The molecular weight excluding hydrogens is 345 g/mol. The molecule has 7 heteroatoms. The zero-order chi connectivity index (χ0) is 18.8. The first kappa shape index (κ1) is 16.8. The van der Waals surface area contributed by atoms with Gasteiger partial charge in [-0.05, 0) is 35.4 Å². The fourth-order valence-corrected chi connectivity index (χ4v) is 2.87. The van der Waals surface area contributed by atoms with E-state index in [0.717, 1.165) is 22.4 Å². The van der Waals surface area contributed by atoms with Crippen LogP contribution in [0.25, 0.3) is 16.9 Å². The van der Waals surface area contributed by atoms with Gasteiger partial charge in [-0.15, -0.1) is 14.8 Å². The zero-order valence-electron chi connectivity index (χ0n) is 14.3. The van der Waals surface area contributed by atoms with E-state index in [4.69, 9.17) is 5.73 Å². The molecule has 0 fully saturated rings. The van der Waals surface area contributed by atoms with Gasteiger partial charge >= 0.3 is 0 Å². The molecule has 0 radical (unpaired) electrons. The first-order valence-corrected chi connectivity index (χ1v) is 8.42. The molecule has 0 bridgehead atoms. The topological polar surface area (TPSA) is 86.2 Å². The van der Waals surface area contributed by atoms with Crippen molar-refractivity contribution < 1.29 is 9.18 Å². The molecule has 0 unspecified atom stereocenters. The van der Waals surface area contributed by atoms with E-state index in [1.807, 2.05) is 30.3 Å². The number of fused-ring (bicyclic) bond motifs is 1. The SMILES string of the molecule is Nc1nc2ccc(-c3ccc(CC(=O)Cc4ccc(F)cc4)cc3)nn2n1. The Labute approximate surface area is 154 Å². The second-order valence-electron chi connectivity index (χ2n) is 6.25. The van der Waals surface area contributed by atoms with Crippen molar-refractivity contribution in [2.24, 2.45) is 0 Å². The number of halogens is 1. The molecule has 0 aliphatic carbocycles. The standard InChI is InChI=1S/C20H16FN5O/c21-16-7-3-14(4-8-16)12-17(27)11-13-1-5-15(6-2-13)18-9-10-19-23-20(22)25-26(19)24-18/h1-10H,11-12H2,(H2,22,25). The van der Waals surface area contributed by atoms with E-state index in [2.05, 4.69) is 15.2 Å². The van der Waals surface area contributed by atoms with Crippen LogP contribution in [0.5, 0.6) is 0 Å². The van der Waals surface area contributed by atoms with E-state index in [0.29, 0.717) is 12.1 Å². The van der Waals surface area contributed by atoms with Crippen LogP contribution in [-0.2, 0) is 17.6 Å². The number of nitrogen functional groups attached to an aromatic ring is 1. The molecular formula is C20H16FN5O. The Bertz CT molecular complexity index is 1100. The van der Waals surface area contributed by atoms with E-state index < -0.39 is 0 Å². The van der Waals surface area contributed by atoms with Gasteiger partial charge in [0.15, 0.2) is 5.65 Å². The van der Waals surface area contributed by atoms with E-state index >= 15 is 0 Å². The van der Waals surface area contributed by atoms with Crippen molar-refractivity contribution in [3.63, 3.8) is 0 Å². The third kappa shape index (κ3) is 3.82. The number of ketones is 1. The maximum Gasteiger partial charge on any atom is 0.242 e. The van der Waals surface area contributed by atoms with Crippen molar-refractivity contribution in [2.45, 2.75) is 12.8 Å². The Morgan fingerprint density at radius 3 is 2.19 bits per heavy atom. The van der Waals surface area contributed by atoms with Gasteiger partial charge in [-0.25, -0.2) is 4.39 Å². The molecule has 0 spiro atoms. The maximum atomic E-state index is 12.9. The minimum Gasteiger partial charge on any atom is -0.366 e. The van der Waals surface area contributed by atoms with Gasteiger partial charge in [0.25, 0.3) is 0 Å². The molecule has 2 N–H and O–H groups in total. The summed E-state index contributed by atoms with van der Waals surface area (Å²) in [5, 5.41) is 8.39. The van der Waals surface area contributed by atoms with Crippen molar-refractivity contribution in [1.82, 2.24) is 19.8 Å². The van der Waals surface area contributed by atoms with E-state index in [-0.39, 0.29) is 24.0 Å². The number of benzene rings is 2. The second-order valence-corrected chi connectivity index (χ2v) is 6.25. The Kier molecular flexibility index (Phi) is 4.33. The van der Waals surface area contributed by atoms with E-state index in [9.17, 15) is 9.18 Å². The minimum atomic E-state index is -0.304. The number of hydrogen-bond acceptors (Lipinski definition) is 5. The van der Waals surface area contributed by atoms with E-state index in [1.165, 1.54) is 16.8 Å². The van der Waals surface area contributed by atoms with Gasteiger partial charge in [-0.3, -0.25) is 4.79 Å². The van der Waals surface area contributed by atoms with Crippen LogP contribution in [0.3, 0.4) is 0 Å². The number of nitrogens with zero attached hydrogens (tertiary/aromatic N) is 4.